The number of hydrogen-bond donors (Lipinski definition) is 1. The van der Waals surface area contributed by atoms with E-state index >= 15 is 0 Å². The van der Waals surface area contributed by atoms with Gasteiger partial charge in [0.1, 0.15) is 0 Å². The van der Waals surface area contributed by atoms with Crippen LogP contribution in [0.3, 0.4) is 0 Å². The van der Waals surface area contributed by atoms with Gasteiger partial charge in [0, 0.05) is 12.1 Å². The van der Waals surface area contributed by atoms with E-state index in [1.54, 1.807) is 0 Å². The van der Waals surface area contributed by atoms with Crippen LogP contribution >= 0.6 is 0 Å². The molecule has 2 nitrogen and oxygen atoms in total. The van der Waals surface area contributed by atoms with Crippen LogP contribution in [0.1, 0.15) is 57.8 Å². The van der Waals surface area contributed by atoms with Gasteiger partial charge in [0.25, 0.3) is 0 Å². The summed E-state index contributed by atoms with van der Waals surface area (Å²) in [6.45, 7) is 2.23. The van der Waals surface area contributed by atoms with Crippen molar-refractivity contribution in [1.29, 1.82) is 0 Å². The Balaban J connectivity index is 1.87. The van der Waals surface area contributed by atoms with E-state index in [0.29, 0.717) is 0 Å². The smallest absolute Gasteiger partial charge is 0.00986 e. The van der Waals surface area contributed by atoms with Crippen LogP contribution in [0.4, 0.5) is 0 Å². The molecule has 0 aromatic heterocycles. The van der Waals surface area contributed by atoms with Crippen molar-refractivity contribution >= 4 is 0 Å². The molecule has 1 atom stereocenters. The fraction of sp³-hybridized carbons (Fsp3) is 1.00. The first-order valence-corrected chi connectivity index (χ1v) is 6.87. The third-order valence-corrected chi connectivity index (χ3v) is 4.21. The van der Waals surface area contributed by atoms with E-state index in [-0.39, 0.29) is 0 Å². The zero-order valence-corrected chi connectivity index (χ0v) is 9.96. The molecule has 0 radical (unpaired) electrons. The van der Waals surface area contributed by atoms with Crippen LogP contribution < -0.4 is 5.73 Å². The fourth-order valence-corrected chi connectivity index (χ4v) is 3.06. The molecule has 15 heavy (non-hydrogen) atoms. The molecule has 2 heteroatoms. The molecule has 1 saturated heterocycles. The average Bonchev–Trinajstić information content (AvgIpc) is 2.38. The number of likely N-dealkylation sites (tertiary alicyclic amines) is 1. The second-order valence-corrected chi connectivity index (χ2v) is 5.26. The summed E-state index contributed by atoms with van der Waals surface area (Å²) in [6.07, 6.45) is 12.7. The lowest BCUT2D eigenvalue weighted by molar-refractivity contribution is 0.0767. The first kappa shape index (κ1) is 11.4. The number of nitrogens with zero attached hydrogens (tertiary/aromatic N) is 1. The molecule has 0 spiro atoms. The monoisotopic (exact) mass is 210 g/mol. The summed E-state index contributed by atoms with van der Waals surface area (Å²) in [7, 11) is 0. The zero-order chi connectivity index (χ0) is 10.5. The van der Waals surface area contributed by atoms with Crippen molar-refractivity contribution in [1.82, 2.24) is 4.90 Å². The Labute approximate surface area is 94.2 Å². The second kappa shape index (κ2) is 5.86. The van der Waals surface area contributed by atoms with Gasteiger partial charge in [0.05, 0.1) is 0 Å². The van der Waals surface area contributed by atoms with Gasteiger partial charge in [-0.15, -0.1) is 0 Å². The Kier molecular flexibility index (Phi) is 4.45. The van der Waals surface area contributed by atoms with Gasteiger partial charge < -0.3 is 5.73 Å². The summed E-state index contributed by atoms with van der Waals surface area (Å²) in [5.41, 5.74) is 5.63. The van der Waals surface area contributed by atoms with Crippen molar-refractivity contribution in [2.24, 2.45) is 5.73 Å². The Hall–Kier alpha value is -0.0800. The fourth-order valence-electron chi connectivity index (χ4n) is 3.06. The standard InChI is InChI=1S/C13H26N2/c14-10-5-9-12-6-2-1-3-11-15(12)13-7-4-8-13/h12-13H,1-11,14H2. The highest BCUT2D eigenvalue weighted by molar-refractivity contribution is 4.86. The summed E-state index contributed by atoms with van der Waals surface area (Å²) in [5.74, 6) is 0. The van der Waals surface area contributed by atoms with Crippen molar-refractivity contribution in [3.05, 3.63) is 0 Å². The quantitative estimate of drug-likeness (QED) is 0.772. The predicted octanol–water partition coefficient (Wildman–Crippen LogP) is 2.52. The molecule has 2 fully saturated rings. The molecule has 0 aromatic rings. The minimum Gasteiger partial charge on any atom is -0.330 e. The van der Waals surface area contributed by atoms with Gasteiger partial charge >= 0.3 is 0 Å². The molecule has 2 N–H and O–H groups in total. The third kappa shape index (κ3) is 2.94. The minimum absolute atomic E-state index is 0.862. The van der Waals surface area contributed by atoms with Gasteiger partial charge in [-0.05, 0) is 51.6 Å². The summed E-state index contributed by atoms with van der Waals surface area (Å²) in [4.78, 5) is 2.83. The Bertz CT molecular complexity index is 177. The van der Waals surface area contributed by atoms with E-state index in [2.05, 4.69) is 4.90 Å². The largest absolute Gasteiger partial charge is 0.330 e. The lowest BCUT2D eigenvalue weighted by Gasteiger charge is -2.42. The molecule has 0 bridgehead atoms. The Morgan fingerprint density at radius 1 is 1.00 bits per heavy atom. The maximum Gasteiger partial charge on any atom is 0.00986 e. The molecule has 1 saturated carbocycles. The molecule has 0 amide bonds. The molecule has 1 aliphatic heterocycles. The Morgan fingerprint density at radius 3 is 2.53 bits per heavy atom. The minimum atomic E-state index is 0.862. The highest BCUT2D eigenvalue weighted by Crippen LogP contribution is 2.31. The van der Waals surface area contributed by atoms with Gasteiger partial charge in [-0.3, -0.25) is 4.90 Å². The SMILES string of the molecule is NCCCC1CCCCCN1C1CCC1. The van der Waals surface area contributed by atoms with Crippen molar-refractivity contribution < 1.29 is 0 Å². The Morgan fingerprint density at radius 2 is 1.87 bits per heavy atom. The van der Waals surface area contributed by atoms with Crippen LogP contribution in [0.25, 0.3) is 0 Å². The van der Waals surface area contributed by atoms with Gasteiger partial charge in [0.2, 0.25) is 0 Å². The molecular weight excluding hydrogens is 184 g/mol. The van der Waals surface area contributed by atoms with Gasteiger partial charge in [-0.2, -0.15) is 0 Å². The number of rotatable bonds is 4. The summed E-state index contributed by atoms with van der Waals surface area (Å²) in [5, 5.41) is 0. The van der Waals surface area contributed by atoms with E-state index in [0.717, 1.165) is 18.6 Å². The van der Waals surface area contributed by atoms with Gasteiger partial charge in [-0.25, -0.2) is 0 Å². The molecule has 88 valence electrons. The molecule has 1 aliphatic carbocycles. The van der Waals surface area contributed by atoms with E-state index in [1.165, 1.54) is 64.3 Å². The molecule has 1 heterocycles. The second-order valence-electron chi connectivity index (χ2n) is 5.26. The molecule has 0 aromatic carbocycles. The third-order valence-electron chi connectivity index (χ3n) is 4.21. The first-order valence-electron chi connectivity index (χ1n) is 6.87. The van der Waals surface area contributed by atoms with Crippen molar-refractivity contribution in [2.75, 3.05) is 13.1 Å². The maximum atomic E-state index is 5.63. The molecule has 2 rings (SSSR count). The van der Waals surface area contributed by atoms with E-state index in [1.807, 2.05) is 0 Å². The zero-order valence-electron chi connectivity index (χ0n) is 9.96. The number of nitrogens with two attached hydrogens (primary N) is 1. The topological polar surface area (TPSA) is 29.3 Å². The summed E-state index contributed by atoms with van der Waals surface area (Å²) < 4.78 is 0. The molecule has 1 unspecified atom stereocenters. The van der Waals surface area contributed by atoms with Crippen LogP contribution in [0.5, 0.6) is 0 Å². The maximum absolute atomic E-state index is 5.63. The van der Waals surface area contributed by atoms with Gasteiger partial charge in [-0.1, -0.05) is 19.3 Å². The number of hydrogen-bond acceptors (Lipinski definition) is 2. The highest BCUT2D eigenvalue weighted by Gasteiger charge is 2.30. The van der Waals surface area contributed by atoms with Crippen molar-refractivity contribution in [3.63, 3.8) is 0 Å². The van der Waals surface area contributed by atoms with E-state index in [4.69, 9.17) is 5.73 Å². The lowest BCUT2D eigenvalue weighted by Crippen LogP contribution is -2.46. The first-order chi connectivity index (χ1) is 7.42. The summed E-state index contributed by atoms with van der Waals surface area (Å²) >= 11 is 0. The normalized spacial score (nSPS) is 29.8. The van der Waals surface area contributed by atoms with Crippen molar-refractivity contribution in [2.45, 2.75) is 69.9 Å². The van der Waals surface area contributed by atoms with E-state index < -0.39 is 0 Å². The average molecular weight is 210 g/mol. The van der Waals surface area contributed by atoms with Crippen LogP contribution in [0.2, 0.25) is 0 Å². The lowest BCUT2D eigenvalue weighted by atomic mass is 9.89. The van der Waals surface area contributed by atoms with Crippen LogP contribution in [-0.4, -0.2) is 30.1 Å². The van der Waals surface area contributed by atoms with Crippen LogP contribution in [0, 0.1) is 0 Å². The van der Waals surface area contributed by atoms with Gasteiger partial charge in [0.15, 0.2) is 0 Å². The predicted molar refractivity (Wildman–Crippen MR) is 64.9 cm³/mol. The summed E-state index contributed by atoms with van der Waals surface area (Å²) in [6, 6.07) is 1.80. The van der Waals surface area contributed by atoms with E-state index in [9.17, 15) is 0 Å². The molecule has 2 aliphatic rings. The molecular formula is C13H26N2. The van der Waals surface area contributed by atoms with Crippen LogP contribution in [0.15, 0.2) is 0 Å². The highest BCUT2D eigenvalue weighted by atomic mass is 15.2. The van der Waals surface area contributed by atoms with Crippen molar-refractivity contribution in [3.8, 4) is 0 Å². The van der Waals surface area contributed by atoms with Crippen LogP contribution in [-0.2, 0) is 0 Å².